The van der Waals surface area contributed by atoms with Gasteiger partial charge in [0.05, 0.1) is 6.10 Å². The molecule has 1 aromatic rings. The summed E-state index contributed by atoms with van der Waals surface area (Å²) in [4.78, 5) is 0. The van der Waals surface area contributed by atoms with E-state index in [2.05, 4.69) is 26.1 Å². The van der Waals surface area contributed by atoms with Gasteiger partial charge in [-0.15, -0.1) is 0 Å². The standard InChI is InChI=1S/C18H28FNO/c1-18(2,3)20-13-15(8-11-17-5-4-12-21-17)14-6-9-16(19)10-7-14/h6-7,9-10,15,17,20H,4-5,8,11-13H2,1-3H3. The van der Waals surface area contributed by atoms with Gasteiger partial charge in [-0.25, -0.2) is 4.39 Å². The predicted octanol–water partition coefficient (Wildman–Crippen LogP) is 4.26. The quantitative estimate of drug-likeness (QED) is 0.846. The molecule has 1 aliphatic heterocycles. The van der Waals surface area contributed by atoms with Crippen LogP contribution in [0.2, 0.25) is 0 Å². The molecular formula is C18H28FNO. The van der Waals surface area contributed by atoms with E-state index in [0.29, 0.717) is 12.0 Å². The Labute approximate surface area is 128 Å². The van der Waals surface area contributed by atoms with E-state index < -0.39 is 0 Å². The Morgan fingerprint density at radius 3 is 2.57 bits per heavy atom. The van der Waals surface area contributed by atoms with Crippen LogP contribution < -0.4 is 5.32 Å². The Bertz CT molecular complexity index is 418. The monoisotopic (exact) mass is 293 g/mol. The molecule has 0 spiro atoms. The molecule has 21 heavy (non-hydrogen) atoms. The molecule has 1 heterocycles. The van der Waals surface area contributed by atoms with E-state index in [1.165, 1.54) is 18.4 Å². The molecule has 0 radical (unpaired) electrons. The lowest BCUT2D eigenvalue weighted by Gasteiger charge is -2.26. The molecule has 3 heteroatoms. The van der Waals surface area contributed by atoms with Crippen LogP contribution in [0.1, 0.15) is 57.9 Å². The molecule has 2 nitrogen and oxygen atoms in total. The summed E-state index contributed by atoms with van der Waals surface area (Å²) in [6.07, 6.45) is 4.96. The molecule has 1 fully saturated rings. The van der Waals surface area contributed by atoms with Crippen LogP contribution in [-0.2, 0) is 4.74 Å². The zero-order valence-electron chi connectivity index (χ0n) is 13.5. The van der Waals surface area contributed by atoms with Gasteiger partial charge >= 0.3 is 0 Å². The van der Waals surface area contributed by atoms with E-state index >= 15 is 0 Å². The number of ether oxygens (including phenoxy) is 1. The summed E-state index contributed by atoms with van der Waals surface area (Å²) in [6.45, 7) is 8.35. The lowest BCUT2D eigenvalue weighted by Crippen LogP contribution is -2.38. The molecule has 1 saturated heterocycles. The van der Waals surface area contributed by atoms with E-state index in [9.17, 15) is 4.39 Å². The normalized spacial score (nSPS) is 20.7. The minimum absolute atomic E-state index is 0.0993. The van der Waals surface area contributed by atoms with Gasteiger partial charge in [-0.1, -0.05) is 12.1 Å². The maximum Gasteiger partial charge on any atom is 0.123 e. The summed E-state index contributed by atoms with van der Waals surface area (Å²) in [5.41, 5.74) is 1.31. The van der Waals surface area contributed by atoms with Crippen molar-refractivity contribution in [1.82, 2.24) is 5.32 Å². The lowest BCUT2D eigenvalue weighted by molar-refractivity contribution is 0.100. The molecular weight excluding hydrogens is 265 g/mol. The summed E-state index contributed by atoms with van der Waals surface area (Å²) in [6, 6.07) is 6.96. The third kappa shape index (κ3) is 5.76. The SMILES string of the molecule is CC(C)(C)NCC(CCC1CCCO1)c1ccc(F)cc1. The van der Waals surface area contributed by atoms with Gasteiger partial charge in [-0.3, -0.25) is 0 Å². The Hall–Kier alpha value is -0.930. The fourth-order valence-corrected chi connectivity index (χ4v) is 2.81. The maximum atomic E-state index is 13.1. The summed E-state index contributed by atoms with van der Waals surface area (Å²) in [7, 11) is 0. The Kier molecular flexibility index (Phi) is 5.77. The number of halogens is 1. The Morgan fingerprint density at radius 1 is 1.29 bits per heavy atom. The highest BCUT2D eigenvalue weighted by molar-refractivity contribution is 5.21. The molecule has 0 aromatic heterocycles. The highest BCUT2D eigenvalue weighted by atomic mass is 19.1. The minimum atomic E-state index is -0.166. The number of benzene rings is 1. The molecule has 0 bridgehead atoms. The van der Waals surface area contributed by atoms with Crippen molar-refractivity contribution >= 4 is 0 Å². The van der Waals surface area contributed by atoms with Gasteiger partial charge in [0.25, 0.3) is 0 Å². The lowest BCUT2D eigenvalue weighted by atomic mass is 9.91. The molecule has 2 atom stereocenters. The first-order valence-corrected chi connectivity index (χ1v) is 8.06. The number of hydrogen-bond donors (Lipinski definition) is 1. The second-order valence-electron chi connectivity index (χ2n) is 7.09. The second-order valence-corrected chi connectivity index (χ2v) is 7.09. The van der Waals surface area contributed by atoms with Gasteiger partial charge in [-0.2, -0.15) is 0 Å². The van der Waals surface area contributed by atoms with Crippen LogP contribution in [0, 0.1) is 5.82 Å². The van der Waals surface area contributed by atoms with Crippen molar-refractivity contribution in [2.75, 3.05) is 13.2 Å². The van der Waals surface area contributed by atoms with Crippen molar-refractivity contribution in [3.63, 3.8) is 0 Å². The molecule has 2 rings (SSSR count). The van der Waals surface area contributed by atoms with Gasteiger partial charge < -0.3 is 10.1 Å². The van der Waals surface area contributed by atoms with E-state index in [1.807, 2.05) is 12.1 Å². The number of nitrogens with one attached hydrogen (secondary N) is 1. The summed E-state index contributed by atoms with van der Waals surface area (Å²) < 4.78 is 18.8. The van der Waals surface area contributed by atoms with Crippen molar-refractivity contribution in [2.24, 2.45) is 0 Å². The average Bonchev–Trinajstić information content (AvgIpc) is 2.92. The van der Waals surface area contributed by atoms with Gasteiger partial charge in [-0.05, 0) is 70.1 Å². The van der Waals surface area contributed by atoms with Gasteiger partial charge in [0, 0.05) is 18.7 Å². The zero-order chi connectivity index (χ0) is 15.3. The van der Waals surface area contributed by atoms with Crippen LogP contribution in [0.4, 0.5) is 4.39 Å². The van der Waals surface area contributed by atoms with Crippen LogP contribution >= 0.6 is 0 Å². The van der Waals surface area contributed by atoms with E-state index in [-0.39, 0.29) is 11.4 Å². The molecule has 1 aliphatic rings. The van der Waals surface area contributed by atoms with Crippen molar-refractivity contribution in [3.8, 4) is 0 Å². The van der Waals surface area contributed by atoms with E-state index in [1.54, 1.807) is 12.1 Å². The first-order chi connectivity index (χ1) is 9.94. The molecule has 0 aliphatic carbocycles. The minimum Gasteiger partial charge on any atom is -0.378 e. The van der Waals surface area contributed by atoms with Gasteiger partial charge in [0.2, 0.25) is 0 Å². The third-order valence-electron chi connectivity index (χ3n) is 4.08. The summed E-state index contributed by atoms with van der Waals surface area (Å²) >= 11 is 0. The van der Waals surface area contributed by atoms with Crippen molar-refractivity contribution in [3.05, 3.63) is 35.6 Å². The van der Waals surface area contributed by atoms with Crippen LogP contribution in [0.3, 0.4) is 0 Å². The number of rotatable bonds is 6. The van der Waals surface area contributed by atoms with E-state index in [0.717, 1.165) is 26.0 Å². The first-order valence-electron chi connectivity index (χ1n) is 8.06. The number of hydrogen-bond acceptors (Lipinski definition) is 2. The van der Waals surface area contributed by atoms with Gasteiger partial charge in [0.1, 0.15) is 5.82 Å². The second kappa shape index (κ2) is 7.37. The van der Waals surface area contributed by atoms with Crippen molar-refractivity contribution in [1.29, 1.82) is 0 Å². The fraction of sp³-hybridized carbons (Fsp3) is 0.667. The van der Waals surface area contributed by atoms with Gasteiger partial charge in [0.15, 0.2) is 0 Å². The van der Waals surface area contributed by atoms with Crippen LogP contribution in [0.15, 0.2) is 24.3 Å². The largest absolute Gasteiger partial charge is 0.378 e. The van der Waals surface area contributed by atoms with Crippen LogP contribution in [-0.4, -0.2) is 24.8 Å². The maximum absolute atomic E-state index is 13.1. The summed E-state index contributed by atoms with van der Waals surface area (Å²) in [5, 5.41) is 3.58. The molecule has 1 aromatic carbocycles. The molecule has 2 unspecified atom stereocenters. The van der Waals surface area contributed by atoms with Crippen LogP contribution in [0.5, 0.6) is 0 Å². The fourth-order valence-electron chi connectivity index (χ4n) is 2.81. The Morgan fingerprint density at radius 2 is 2.00 bits per heavy atom. The third-order valence-corrected chi connectivity index (χ3v) is 4.08. The smallest absolute Gasteiger partial charge is 0.123 e. The van der Waals surface area contributed by atoms with Crippen molar-refractivity contribution < 1.29 is 9.13 Å². The molecule has 0 saturated carbocycles. The predicted molar refractivity (Wildman–Crippen MR) is 85.1 cm³/mol. The molecule has 118 valence electrons. The van der Waals surface area contributed by atoms with Crippen molar-refractivity contribution in [2.45, 2.75) is 64.0 Å². The van der Waals surface area contributed by atoms with Crippen LogP contribution in [0.25, 0.3) is 0 Å². The molecule has 0 amide bonds. The van der Waals surface area contributed by atoms with E-state index in [4.69, 9.17) is 4.74 Å². The molecule has 1 N–H and O–H groups in total. The highest BCUT2D eigenvalue weighted by Gasteiger charge is 2.20. The zero-order valence-corrected chi connectivity index (χ0v) is 13.5. The summed E-state index contributed by atoms with van der Waals surface area (Å²) in [5.74, 6) is 0.245. The topological polar surface area (TPSA) is 21.3 Å². The average molecular weight is 293 g/mol. The Balaban J connectivity index is 1.96. The highest BCUT2D eigenvalue weighted by Crippen LogP contribution is 2.26. The first kappa shape index (κ1) is 16.4.